The normalized spacial score (nSPS) is 14.7. The van der Waals surface area contributed by atoms with E-state index in [9.17, 15) is 0 Å². The van der Waals surface area contributed by atoms with E-state index < -0.39 is 0 Å². The Hall–Kier alpha value is -2.98. The Bertz CT molecular complexity index is 966. The molecule has 33 heavy (non-hydrogen) atoms. The summed E-state index contributed by atoms with van der Waals surface area (Å²) < 4.78 is 12.1. The van der Waals surface area contributed by atoms with Gasteiger partial charge in [0.2, 0.25) is 0 Å². The predicted molar refractivity (Wildman–Crippen MR) is 136 cm³/mol. The molecule has 3 aromatic rings. The first-order valence-electron chi connectivity index (χ1n) is 12.2. The molecule has 1 heterocycles. The fraction of sp³-hybridized carbons (Fsp3) is 0.379. The highest BCUT2D eigenvalue weighted by Gasteiger charge is 2.20. The van der Waals surface area contributed by atoms with Crippen LogP contribution in [0.3, 0.4) is 0 Å². The van der Waals surface area contributed by atoms with Crippen molar-refractivity contribution in [3.63, 3.8) is 0 Å². The van der Waals surface area contributed by atoms with E-state index in [1.807, 2.05) is 54.6 Å². The standard InChI is InChI=1S/C29H36N2O2/c1-3-18-30(2)26-14-12-24(13-15-26)22-31-19-16-25(17-20-31)23-32-28-10-7-11-29(21-28)33-27-8-5-4-6-9-27/h4-15,21,25H,3,16-20,22-23H2,1-2H3. The summed E-state index contributed by atoms with van der Waals surface area (Å²) in [5.41, 5.74) is 2.70. The number of hydrogen-bond acceptors (Lipinski definition) is 4. The van der Waals surface area contributed by atoms with Crippen LogP contribution in [-0.2, 0) is 6.54 Å². The van der Waals surface area contributed by atoms with Gasteiger partial charge in [-0.25, -0.2) is 0 Å². The van der Waals surface area contributed by atoms with Crippen molar-refractivity contribution in [2.75, 3.05) is 38.2 Å². The second kappa shape index (κ2) is 11.8. The minimum Gasteiger partial charge on any atom is -0.493 e. The van der Waals surface area contributed by atoms with Crippen molar-refractivity contribution in [1.82, 2.24) is 4.90 Å². The van der Waals surface area contributed by atoms with Crippen LogP contribution in [0.5, 0.6) is 17.2 Å². The molecule has 0 aromatic heterocycles. The Labute approximate surface area is 198 Å². The van der Waals surface area contributed by atoms with E-state index in [1.165, 1.54) is 30.5 Å². The second-order valence-electron chi connectivity index (χ2n) is 9.01. The summed E-state index contributed by atoms with van der Waals surface area (Å²) in [5.74, 6) is 3.12. The fourth-order valence-corrected chi connectivity index (χ4v) is 4.36. The number of hydrogen-bond donors (Lipinski definition) is 0. The summed E-state index contributed by atoms with van der Waals surface area (Å²) in [6.07, 6.45) is 3.53. The Morgan fingerprint density at radius 2 is 1.55 bits per heavy atom. The van der Waals surface area contributed by atoms with E-state index in [0.29, 0.717) is 5.92 Å². The van der Waals surface area contributed by atoms with E-state index in [1.54, 1.807) is 0 Å². The van der Waals surface area contributed by atoms with Crippen molar-refractivity contribution < 1.29 is 9.47 Å². The van der Waals surface area contributed by atoms with Crippen molar-refractivity contribution in [3.8, 4) is 17.2 Å². The van der Waals surface area contributed by atoms with E-state index in [-0.39, 0.29) is 0 Å². The molecule has 0 spiro atoms. The van der Waals surface area contributed by atoms with Gasteiger partial charge in [0.05, 0.1) is 6.61 Å². The Morgan fingerprint density at radius 1 is 0.848 bits per heavy atom. The molecule has 0 N–H and O–H groups in total. The number of benzene rings is 3. The average Bonchev–Trinajstić information content (AvgIpc) is 2.85. The van der Waals surface area contributed by atoms with Crippen molar-refractivity contribution in [1.29, 1.82) is 0 Å². The van der Waals surface area contributed by atoms with Gasteiger partial charge in [-0.3, -0.25) is 4.90 Å². The molecular formula is C29H36N2O2. The maximum absolute atomic E-state index is 6.13. The first-order chi connectivity index (χ1) is 16.2. The molecule has 0 amide bonds. The molecule has 0 atom stereocenters. The molecule has 4 nitrogen and oxygen atoms in total. The molecule has 0 bridgehead atoms. The van der Waals surface area contributed by atoms with Crippen molar-refractivity contribution in [3.05, 3.63) is 84.4 Å². The first kappa shape index (κ1) is 23.2. The first-order valence-corrected chi connectivity index (χ1v) is 12.2. The summed E-state index contributed by atoms with van der Waals surface area (Å²) in [4.78, 5) is 4.88. The Morgan fingerprint density at radius 3 is 2.27 bits per heavy atom. The van der Waals surface area contributed by atoms with Gasteiger partial charge in [0, 0.05) is 31.9 Å². The summed E-state index contributed by atoms with van der Waals surface area (Å²) >= 11 is 0. The molecule has 4 rings (SSSR count). The molecule has 1 aliphatic heterocycles. The summed E-state index contributed by atoms with van der Waals surface area (Å²) in [6, 6.07) is 26.9. The third kappa shape index (κ3) is 7.00. The van der Waals surface area contributed by atoms with Gasteiger partial charge in [0.1, 0.15) is 17.2 Å². The number of ether oxygens (including phenoxy) is 2. The zero-order valence-electron chi connectivity index (χ0n) is 20.0. The average molecular weight is 445 g/mol. The Kier molecular flexibility index (Phi) is 8.26. The lowest BCUT2D eigenvalue weighted by Crippen LogP contribution is -2.35. The third-order valence-electron chi connectivity index (χ3n) is 6.32. The van der Waals surface area contributed by atoms with Crippen molar-refractivity contribution in [2.24, 2.45) is 5.92 Å². The number of likely N-dealkylation sites (tertiary alicyclic amines) is 1. The largest absolute Gasteiger partial charge is 0.493 e. The molecule has 174 valence electrons. The fourth-order valence-electron chi connectivity index (χ4n) is 4.36. The monoisotopic (exact) mass is 444 g/mol. The molecule has 0 saturated carbocycles. The van der Waals surface area contributed by atoms with Crippen LogP contribution in [0.4, 0.5) is 5.69 Å². The summed E-state index contributed by atoms with van der Waals surface area (Å²) in [6.45, 7) is 7.37. The van der Waals surface area contributed by atoms with Gasteiger partial charge in [-0.15, -0.1) is 0 Å². The van der Waals surface area contributed by atoms with Gasteiger partial charge in [-0.2, -0.15) is 0 Å². The van der Waals surface area contributed by atoms with Crippen LogP contribution < -0.4 is 14.4 Å². The second-order valence-corrected chi connectivity index (χ2v) is 9.01. The summed E-state index contributed by atoms with van der Waals surface area (Å²) in [5, 5.41) is 0. The van der Waals surface area contributed by atoms with Gasteiger partial charge >= 0.3 is 0 Å². The van der Waals surface area contributed by atoms with Crippen LogP contribution in [0.2, 0.25) is 0 Å². The quantitative estimate of drug-likeness (QED) is 0.351. The van der Waals surface area contributed by atoms with Gasteiger partial charge < -0.3 is 14.4 Å². The van der Waals surface area contributed by atoms with Crippen LogP contribution in [0, 0.1) is 5.92 Å². The van der Waals surface area contributed by atoms with Crippen LogP contribution in [0.25, 0.3) is 0 Å². The molecule has 1 fully saturated rings. The van der Waals surface area contributed by atoms with Gasteiger partial charge in [-0.05, 0) is 80.2 Å². The highest BCUT2D eigenvalue weighted by Crippen LogP contribution is 2.26. The van der Waals surface area contributed by atoms with E-state index in [2.05, 4.69) is 48.0 Å². The van der Waals surface area contributed by atoms with Crippen LogP contribution in [0.15, 0.2) is 78.9 Å². The number of rotatable bonds is 10. The van der Waals surface area contributed by atoms with E-state index >= 15 is 0 Å². The molecule has 0 aliphatic carbocycles. The van der Waals surface area contributed by atoms with E-state index in [4.69, 9.17) is 9.47 Å². The van der Waals surface area contributed by atoms with Gasteiger partial charge in [0.15, 0.2) is 0 Å². The lowest BCUT2D eigenvalue weighted by Gasteiger charge is -2.32. The minimum atomic E-state index is 0.602. The molecule has 1 saturated heterocycles. The molecular weight excluding hydrogens is 408 g/mol. The topological polar surface area (TPSA) is 24.9 Å². The lowest BCUT2D eigenvalue weighted by molar-refractivity contribution is 0.136. The third-order valence-corrected chi connectivity index (χ3v) is 6.32. The SMILES string of the molecule is CCCN(C)c1ccc(CN2CCC(COc3cccc(Oc4ccccc4)c3)CC2)cc1. The zero-order valence-corrected chi connectivity index (χ0v) is 20.0. The highest BCUT2D eigenvalue weighted by atomic mass is 16.5. The molecule has 0 unspecified atom stereocenters. The van der Waals surface area contributed by atoms with Crippen molar-refractivity contribution in [2.45, 2.75) is 32.7 Å². The number of nitrogens with zero attached hydrogens (tertiary/aromatic N) is 2. The predicted octanol–water partition coefficient (Wildman–Crippen LogP) is 6.62. The maximum Gasteiger partial charge on any atom is 0.131 e. The van der Waals surface area contributed by atoms with Gasteiger partial charge in [-0.1, -0.05) is 43.3 Å². The number of piperidine rings is 1. The number of anilines is 1. The molecule has 4 heteroatoms. The molecule has 3 aromatic carbocycles. The van der Waals surface area contributed by atoms with Crippen LogP contribution in [-0.4, -0.2) is 38.2 Å². The van der Waals surface area contributed by atoms with Crippen LogP contribution in [0.1, 0.15) is 31.7 Å². The minimum absolute atomic E-state index is 0.602. The zero-order chi connectivity index (χ0) is 22.9. The van der Waals surface area contributed by atoms with Crippen molar-refractivity contribution >= 4 is 5.69 Å². The molecule has 0 radical (unpaired) electrons. The van der Waals surface area contributed by atoms with Crippen LogP contribution >= 0.6 is 0 Å². The van der Waals surface area contributed by atoms with Gasteiger partial charge in [0.25, 0.3) is 0 Å². The number of para-hydroxylation sites is 1. The summed E-state index contributed by atoms with van der Waals surface area (Å²) in [7, 11) is 2.16. The molecule has 1 aliphatic rings. The van der Waals surface area contributed by atoms with E-state index in [0.717, 1.165) is 50.0 Å². The lowest BCUT2D eigenvalue weighted by atomic mass is 9.97. The highest BCUT2D eigenvalue weighted by molar-refractivity contribution is 5.46. The Balaban J connectivity index is 1.20. The maximum atomic E-state index is 6.13. The smallest absolute Gasteiger partial charge is 0.131 e.